The van der Waals surface area contributed by atoms with Gasteiger partial charge in [0, 0.05) is 27.8 Å². The Morgan fingerprint density at radius 2 is 1.61 bits per heavy atom. The maximum Gasteiger partial charge on any atom is 0.172 e. The summed E-state index contributed by atoms with van der Waals surface area (Å²) >= 11 is 1.78. The van der Waals surface area contributed by atoms with Crippen molar-refractivity contribution in [1.29, 1.82) is 0 Å². The molecule has 0 saturated heterocycles. The normalized spacial score (nSPS) is 15.6. The van der Waals surface area contributed by atoms with Crippen LogP contribution in [0.5, 0.6) is 0 Å². The van der Waals surface area contributed by atoms with E-state index in [0.717, 1.165) is 78.4 Å². The summed E-state index contributed by atoms with van der Waals surface area (Å²) < 4.78 is 3.57. The molecular weight excluding hydrogens is 820 g/mol. The van der Waals surface area contributed by atoms with Crippen LogP contribution in [0.4, 0.5) is 0 Å². The van der Waals surface area contributed by atoms with Gasteiger partial charge in [0.05, 0.1) is 10.2 Å². The molecule has 1 atom stereocenters. The summed E-state index contributed by atoms with van der Waals surface area (Å²) in [7, 11) is 4.38. The highest BCUT2D eigenvalue weighted by Crippen LogP contribution is 2.53. The number of hydrogen-bond donors (Lipinski definition) is 0. The zero-order valence-electron chi connectivity index (χ0n) is 38.9. The number of nitrogens with zero attached hydrogens (tertiary/aromatic N) is 5. The zero-order chi connectivity index (χ0) is 46.1. The van der Waals surface area contributed by atoms with Gasteiger partial charge in [0.2, 0.25) is 0 Å². The second-order valence-corrected chi connectivity index (χ2v) is 18.5. The number of thiazole rings is 1. The van der Waals surface area contributed by atoms with Crippen molar-refractivity contribution in [3.8, 4) is 38.8 Å². The first-order valence-electron chi connectivity index (χ1n) is 22.8. The van der Waals surface area contributed by atoms with Crippen molar-refractivity contribution in [1.82, 2.24) is 24.5 Å². The molecule has 66 heavy (non-hydrogen) atoms. The quantitative estimate of drug-likeness (QED) is 0.0855. The standard InChI is InChI=1S/C58H53B2N5S/c1-10-13-21-37(5)54-62-55(41-24-18-20-36(4)32-41)64-56(63-54)42-25-19-26-43(33-42)65-52(59-8)44(27-14-11-2)46(53(65)60-9)34-38(12-3)40-28-29-45-48(35-40)58(6,7)47-30-31-49-51(50(45)47)66-57(61-49)39-22-16-15-17-23-39/h10-31,33-36H,2-3,32H2,1,4-9H3/b13-10-,27-14-,37-21+,38-34+/t36-/m0/s1. The molecule has 322 valence electrons. The summed E-state index contributed by atoms with van der Waals surface area (Å²) in [6.45, 7) is 23.6. The van der Waals surface area contributed by atoms with Gasteiger partial charge in [-0.15, -0.1) is 11.3 Å². The molecule has 2 aliphatic carbocycles. The predicted molar refractivity (Wildman–Crippen MR) is 286 cm³/mol. The molecule has 0 saturated carbocycles. The van der Waals surface area contributed by atoms with Crippen LogP contribution in [0.25, 0.3) is 77.9 Å². The zero-order valence-corrected chi connectivity index (χ0v) is 39.7. The number of fused-ring (bicyclic) bond motifs is 5. The van der Waals surface area contributed by atoms with Crippen LogP contribution >= 0.6 is 11.3 Å². The molecule has 0 amide bonds. The van der Waals surface area contributed by atoms with E-state index in [1.165, 1.54) is 27.0 Å². The summed E-state index contributed by atoms with van der Waals surface area (Å²) in [4.78, 5) is 20.3. The highest BCUT2D eigenvalue weighted by Gasteiger charge is 2.37. The molecule has 0 aliphatic heterocycles. The van der Waals surface area contributed by atoms with Gasteiger partial charge in [0.25, 0.3) is 0 Å². The Morgan fingerprint density at radius 1 is 0.833 bits per heavy atom. The molecule has 2 radical (unpaired) electrons. The molecule has 0 unspecified atom stereocenters. The summed E-state index contributed by atoms with van der Waals surface area (Å²) in [5, 5.41) is 1.04. The van der Waals surface area contributed by atoms with E-state index in [9.17, 15) is 0 Å². The highest BCUT2D eigenvalue weighted by molar-refractivity contribution is 7.22. The van der Waals surface area contributed by atoms with Crippen molar-refractivity contribution >= 4 is 76.2 Å². The largest absolute Gasteiger partial charge is 0.336 e. The van der Waals surface area contributed by atoms with E-state index >= 15 is 0 Å². The molecule has 3 aromatic heterocycles. The molecule has 0 spiro atoms. The summed E-state index contributed by atoms with van der Waals surface area (Å²) in [6.07, 6.45) is 23.7. The minimum absolute atomic E-state index is 0.207. The first kappa shape index (κ1) is 44.3. The molecule has 2 aliphatic rings. The van der Waals surface area contributed by atoms with Crippen molar-refractivity contribution in [2.75, 3.05) is 0 Å². The third-order valence-electron chi connectivity index (χ3n) is 12.8. The van der Waals surface area contributed by atoms with Crippen molar-refractivity contribution in [3.63, 3.8) is 0 Å². The second-order valence-electron chi connectivity index (χ2n) is 17.5. The Bertz CT molecular complexity index is 3240. The maximum atomic E-state index is 5.13. The average Bonchev–Trinajstić information content (AvgIpc) is 3.99. The van der Waals surface area contributed by atoms with Gasteiger partial charge in [-0.25, -0.2) is 19.9 Å². The van der Waals surface area contributed by atoms with Gasteiger partial charge >= 0.3 is 0 Å². The predicted octanol–water partition coefficient (Wildman–Crippen LogP) is 13.6. The minimum atomic E-state index is -0.207. The van der Waals surface area contributed by atoms with Crippen LogP contribution in [0.15, 0.2) is 153 Å². The Morgan fingerprint density at radius 3 is 2.35 bits per heavy atom. The van der Waals surface area contributed by atoms with Gasteiger partial charge in [-0.1, -0.05) is 169 Å². The van der Waals surface area contributed by atoms with Gasteiger partial charge in [-0.05, 0) is 118 Å². The maximum absolute atomic E-state index is 5.13. The van der Waals surface area contributed by atoms with E-state index in [-0.39, 0.29) is 5.41 Å². The van der Waals surface area contributed by atoms with Crippen LogP contribution in [0.1, 0.15) is 80.5 Å². The SMILES string of the molecule is C=C/C=C\c1c(/C=C(\C=C)c2ccc3c(c2)C(C)(C)c2ccc4nc(-c5ccccc5)sc4c2-3)c([B]C)n(-c2cccc(-c3nc(C4=CC=C[C@H](C)C4)nc(/C(C)=C/C=C\C)n3)c2)c1[B]C. The molecule has 0 bridgehead atoms. The molecule has 0 N–H and O–H groups in total. The molecule has 8 heteroatoms. The van der Waals surface area contributed by atoms with Gasteiger partial charge in [-0.2, -0.15) is 0 Å². The first-order chi connectivity index (χ1) is 32.1. The van der Waals surface area contributed by atoms with E-state index in [1.54, 1.807) is 11.3 Å². The number of benzene rings is 4. The number of rotatable bonds is 13. The Labute approximate surface area is 395 Å². The van der Waals surface area contributed by atoms with Crippen LogP contribution in [0.3, 0.4) is 0 Å². The van der Waals surface area contributed by atoms with E-state index in [4.69, 9.17) is 19.9 Å². The van der Waals surface area contributed by atoms with E-state index < -0.39 is 0 Å². The lowest BCUT2D eigenvalue weighted by molar-refractivity contribution is 0.660. The van der Waals surface area contributed by atoms with E-state index in [2.05, 4.69) is 195 Å². The molecular formula is C58H53B2N5S. The van der Waals surface area contributed by atoms with E-state index in [1.807, 2.05) is 37.3 Å². The minimum Gasteiger partial charge on any atom is -0.336 e. The lowest BCUT2D eigenvalue weighted by atomic mass is 9.73. The third kappa shape index (κ3) is 8.09. The van der Waals surface area contributed by atoms with Crippen LogP contribution in [-0.4, -0.2) is 39.1 Å². The first-order valence-corrected chi connectivity index (χ1v) is 23.6. The van der Waals surface area contributed by atoms with Gasteiger partial charge in [0.15, 0.2) is 32.0 Å². The van der Waals surface area contributed by atoms with Crippen LogP contribution in [0.2, 0.25) is 13.6 Å². The topological polar surface area (TPSA) is 56.5 Å². The Hall–Kier alpha value is -6.89. The lowest BCUT2D eigenvalue weighted by Crippen LogP contribution is -2.32. The molecule has 0 fully saturated rings. The van der Waals surface area contributed by atoms with E-state index in [0.29, 0.717) is 23.4 Å². The van der Waals surface area contributed by atoms with Gasteiger partial charge in [0.1, 0.15) is 5.01 Å². The number of aromatic nitrogens is 5. The molecule has 9 rings (SSSR count). The fraction of sp³-hybridized carbons (Fsp3) is 0.172. The van der Waals surface area contributed by atoms with Gasteiger partial charge < -0.3 is 4.57 Å². The van der Waals surface area contributed by atoms with Crippen LogP contribution in [-0.2, 0) is 5.41 Å². The highest BCUT2D eigenvalue weighted by atomic mass is 32.1. The Kier molecular flexibility index (Phi) is 12.4. The fourth-order valence-electron chi connectivity index (χ4n) is 9.42. The smallest absolute Gasteiger partial charge is 0.172 e. The monoisotopic (exact) mass is 873 g/mol. The lowest BCUT2D eigenvalue weighted by Gasteiger charge is -2.22. The second kappa shape index (κ2) is 18.5. The van der Waals surface area contributed by atoms with Crippen molar-refractivity contribution < 1.29 is 0 Å². The summed E-state index contributed by atoms with van der Waals surface area (Å²) in [6, 6.07) is 30.4. The van der Waals surface area contributed by atoms with Gasteiger partial charge in [-0.3, -0.25) is 0 Å². The van der Waals surface area contributed by atoms with Crippen molar-refractivity contribution in [2.45, 2.75) is 60.1 Å². The van der Waals surface area contributed by atoms with Crippen molar-refractivity contribution in [3.05, 3.63) is 192 Å². The van der Waals surface area contributed by atoms with Crippen molar-refractivity contribution in [2.24, 2.45) is 5.92 Å². The molecule has 3 heterocycles. The molecule has 4 aromatic carbocycles. The molecule has 7 aromatic rings. The third-order valence-corrected chi connectivity index (χ3v) is 13.9. The number of allylic oxidation sites excluding steroid dienone is 12. The summed E-state index contributed by atoms with van der Waals surface area (Å²) in [5.74, 6) is 2.43. The van der Waals surface area contributed by atoms with Crippen LogP contribution < -0.4 is 11.2 Å². The molecule has 5 nitrogen and oxygen atoms in total. The summed E-state index contributed by atoms with van der Waals surface area (Å²) in [5.41, 5.74) is 17.7. The fourth-order valence-corrected chi connectivity index (χ4v) is 10.6. The number of hydrogen-bond acceptors (Lipinski definition) is 5. The Balaban J connectivity index is 1.16. The average molecular weight is 874 g/mol. The van der Waals surface area contributed by atoms with Crippen LogP contribution in [0, 0.1) is 5.92 Å².